The maximum atomic E-state index is 5.73. The molecule has 0 radical (unpaired) electrons. The van der Waals surface area contributed by atoms with Crippen molar-refractivity contribution in [3.63, 3.8) is 0 Å². The Morgan fingerprint density at radius 1 is 1.16 bits per heavy atom. The Balaban J connectivity index is 1.98. The van der Waals surface area contributed by atoms with Gasteiger partial charge in [-0.15, -0.1) is 0 Å². The van der Waals surface area contributed by atoms with Crippen LogP contribution in [0, 0.1) is 0 Å². The fourth-order valence-electron chi connectivity index (χ4n) is 1.95. The number of hydrogen-bond acceptors (Lipinski definition) is 4. The molecule has 0 unspecified atom stereocenters. The largest absolute Gasteiger partial charge is 0.494 e. The third-order valence-electron chi connectivity index (χ3n) is 2.89. The molecule has 2 aromatic heterocycles. The topological polar surface area (TPSA) is 65.4 Å². The van der Waals surface area contributed by atoms with Crippen LogP contribution in [-0.4, -0.2) is 21.2 Å². The molecule has 3 aromatic rings. The Labute approximate surface area is 110 Å². The molecule has 0 spiro atoms. The average molecular weight is 254 g/mol. The van der Waals surface area contributed by atoms with Crippen molar-refractivity contribution in [1.82, 2.24) is 14.6 Å². The molecule has 0 bridgehead atoms. The Morgan fingerprint density at radius 3 is 2.68 bits per heavy atom. The summed E-state index contributed by atoms with van der Waals surface area (Å²) < 4.78 is 7.10. The van der Waals surface area contributed by atoms with E-state index in [0.29, 0.717) is 12.4 Å². The molecule has 19 heavy (non-hydrogen) atoms. The summed E-state index contributed by atoms with van der Waals surface area (Å²) in [6, 6.07) is 11.7. The molecule has 0 aliphatic rings. The zero-order chi connectivity index (χ0) is 13.2. The standard InChI is InChI=1S/C14H14N4O/c1-2-19-11-5-3-10(4-6-11)12-7-8-13-14(15)16-9-18(13)17-12/h3-9H,2,15H2,1H3. The van der Waals surface area contributed by atoms with Gasteiger partial charge in [0.05, 0.1) is 12.3 Å². The molecule has 0 saturated carbocycles. The van der Waals surface area contributed by atoms with Crippen LogP contribution in [0.4, 0.5) is 5.82 Å². The first kappa shape index (κ1) is 11.5. The van der Waals surface area contributed by atoms with Gasteiger partial charge in [0, 0.05) is 5.56 Å². The minimum absolute atomic E-state index is 0.491. The monoisotopic (exact) mass is 254 g/mol. The van der Waals surface area contributed by atoms with Crippen molar-refractivity contribution in [3.8, 4) is 17.0 Å². The first-order chi connectivity index (χ1) is 9.28. The quantitative estimate of drug-likeness (QED) is 0.779. The first-order valence-electron chi connectivity index (χ1n) is 6.11. The molecule has 1 aromatic carbocycles. The lowest BCUT2D eigenvalue weighted by Gasteiger charge is -2.05. The second-order valence-corrected chi connectivity index (χ2v) is 4.14. The van der Waals surface area contributed by atoms with Gasteiger partial charge >= 0.3 is 0 Å². The Bertz CT molecular complexity index is 703. The fraction of sp³-hybridized carbons (Fsp3) is 0.143. The van der Waals surface area contributed by atoms with Gasteiger partial charge in [-0.25, -0.2) is 9.50 Å². The van der Waals surface area contributed by atoms with E-state index in [0.717, 1.165) is 22.5 Å². The van der Waals surface area contributed by atoms with Crippen LogP contribution in [0.15, 0.2) is 42.7 Å². The van der Waals surface area contributed by atoms with Crippen LogP contribution in [0.5, 0.6) is 5.75 Å². The van der Waals surface area contributed by atoms with Gasteiger partial charge in [0.1, 0.15) is 17.6 Å². The number of aromatic nitrogens is 3. The minimum Gasteiger partial charge on any atom is -0.494 e. The lowest BCUT2D eigenvalue weighted by Crippen LogP contribution is -1.94. The molecule has 0 aliphatic carbocycles. The second kappa shape index (κ2) is 4.61. The first-order valence-corrected chi connectivity index (χ1v) is 6.11. The van der Waals surface area contributed by atoms with E-state index in [9.17, 15) is 0 Å². The van der Waals surface area contributed by atoms with Gasteiger partial charge in [0.2, 0.25) is 0 Å². The summed E-state index contributed by atoms with van der Waals surface area (Å²) in [6.07, 6.45) is 1.61. The summed E-state index contributed by atoms with van der Waals surface area (Å²) in [4.78, 5) is 4.03. The molecule has 0 fully saturated rings. The number of nitrogens with two attached hydrogens (primary N) is 1. The lowest BCUT2D eigenvalue weighted by molar-refractivity contribution is 0.340. The molecular formula is C14H14N4O. The predicted molar refractivity (Wildman–Crippen MR) is 74.0 cm³/mol. The molecule has 2 heterocycles. The Kier molecular flexibility index (Phi) is 2.79. The smallest absolute Gasteiger partial charge is 0.151 e. The number of anilines is 1. The summed E-state index contributed by atoms with van der Waals surface area (Å²) in [5, 5.41) is 4.48. The van der Waals surface area contributed by atoms with Crippen LogP contribution in [0.2, 0.25) is 0 Å². The van der Waals surface area contributed by atoms with Crippen LogP contribution in [0.1, 0.15) is 6.92 Å². The van der Waals surface area contributed by atoms with Gasteiger partial charge in [0.15, 0.2) is 5.82 Å². The highest BCUT2D eigenvalue weighted by Gasteiger charge is 2.04. The second-order valence-electron chi connectivity index (χ2n) is 4.14. The zero-order valence-corrected chi connectivity index (χ0v) is 10.6. The summed E-state index contributed by atoms with van der Waals surface area (Å²) in [5.74, 6) is 1.35. The van der Waals surface area contributed by atoms with E-state index in [1.807, 2.05) is 43.3 Å². The van der Waals surface area contributed by atoms with Gasteiger partial charge < -0.3 is 10.5 Å². The van der Waals surface area contributed by atoms with Crippen molar-refractivity contribution in [2.45, 2.75) is 6.92 Å². The predicted octanol–water partition coefficient (Wildman–Crippen LogP) is 2.38. The van der Waals surface area contributed by atoms with E-state index in [4.69, 9.17) is 10.5 Å². The van der Waals surface area contributed by atoms with Crippen molar-refractivity contribution >= 4 is 11.3 Å². The lowest BCUT2D eigenvalue weighted by atomic mass is 10.1. The maximum absolute atomic E-state index is 5.73. The number of imidazole rings is 1. The SMILES string of the molecule is CCOc1ccc(-c2ccc3c(N)ncn3n2)cc1. The van der Waals surface area contributed by atoms with Crippen molar-refractivity contribution in [2.75, 3.05) is 12.3 Å². The molecule has 3 rings (SSSR count). The van der Waals surface area contributed by atoms with Gasteiger partial charge in [0.25, 0.3) is 0 Å². The van der Waals surface area contributed by atoms with Crippen molar-refractivity contribution < 1.29 is 4.74 Å². The summed E-state index contributed by atoms with van der Waals surface area (Å²) in [7, 11) is 0. The van der Waals surface area contributed by atoms with E-state index in [1.165, 1.54) is 0 Å². The van der Waals surface area contributed by atoms with E-state index >= 15 is 0 Å². The normalized spacial score (nSPS) is 10.8. The van der Waals surface area contributed by atoms with Crippen molar-refractivity contribution in [3.05, 3.63) is 42.7 Å². The third kappa shape index (κ3) is 2.10. The highest BCUT2D eigenvalue weighted by atomic mass is 16.5. The highest BCUT2D eigenvalue weighted by molar-refractivity contribution is 5.68. The van der Waals surface area contributed by atoms with E-state index in [2.05, 4.69) is 10.1 Å². The van der Waals surface area contributed by atoms with Crippen LogP contribution in [0.3, 0.4) is 0 Å². The van der Waals surface area contributed by atoms with Crippen LogP contribution >= 0.6 is 0 Å². The minimum atomic E-state index is 0.491. The zero-order valence-electron chi connectivity index (χ0n) is 10.6. The highest BCUT2D eigenvalue weighted by Crippen LogP contribution is 2.22. The van der Waals surface area contributed by atoms with Crippen LogP contribution in [0.25, 0.3) is 16.8 Å². The van der Waals surface area contributed by atoms with Crippen molar-refractivity contribution in [2.24, 2.45) is 0 Å². The molecule has 0 atom stereocenters. The fourth-order valence-corrected chi connectivity index (χ4v) is 1.95. The Morgan fingerprint density at radius 2 is 1.95 bits per heavy atom. The molecule has 0 saturated heterocycles. The van der Waals surface area contributed by atoms with Gasteiger partial charge in [-0.3, -0.25) is 0 Å². The molecule has 2 N–H and O–H groups in total. The number of nitrogens with zero attached hydrogens (tertiary/aromatic N) is 3. The number of fused-ring (bicyclic) bond motifs is 1. The third-order valence-corrected chi connectivity index (χ3v) is 2.89. The number of nitrogen functional groups attached to an aromatic ring is 1. The summed E-state index contributed by atoms with van der Waals surface area (Å²) in [6.45, 7) is 2.63. The Hall–Kier alpha value is -2.56. The molecule has 0 aliphatic heterocycles. The number of benzene rings is 1. The number of rotatable bonds is 3. The number of hydrogen-bond donors (Lipinski definition) is 1. The number of ether oxygens (including phenoxy) is 1. The van der Waals surface area contributed by atoms with Crippen molar-refractivity contribution in [1.29, 1.82) is 0 Å². The molecule has 0 amide bonds. The average Bonchev–Trinajstić information content (AvgIpc) is 2.81. The molecule has 96 valence electrons. The summed E-state index contributed by atoms with van der Waals surface area (Å²) >= 11 is 0. The molecular weight excluding hydrogens is 240 g/mol. The van der Waals surface area contributed by atoms with Crippen LogP contribution in [-0.2, 0) is 0 Å². The summed E-state index contributed by atoms with van der Waals surface area (Å²) in [5.41, 5.74) is 8.44. The van der Waals surface area contributed by atoms with Gasteiger partial charge in [-0.05, 0) is 43.3 Å². The van der Waals surface area contributed by atoms with Gasteiger partial charge in [-0.1, -0.05) is 0 Å². The maximum Gasteiger partial charge on any atom is 0.151 e. The molecule has 5 heteroatoms. The van der Waals surface area contributed by atoms with E-state index in [-0.39, 0.29) is 0 Å². The molecule has 5 nitrogen and oxygen atoms in total. The van der Waals surface area contributed by atoms with Gasteiger partial charge in [-0.2, -0.15) is 5.10 Å². The van der Waals surface area contributed by atoms with E-state index in [1.54, 1.807) is 10.8 Å². The van der Waals surface area contributed by atoms with E-state index < -0.39 is 0 Å². The van der Waals surface area contributed by atoms with Crippen LogP contribution < -0.4 is 10.5 Å².